The number of rotatable bonds is 7. The fourth-order valence-electron chi connectivity index (χ4n) is 3.69. The number of pyridine rings is 1. The van der Waals surface area contributed by atoms with Crippen molar-refractivity contribution in [2.75, 3.05) is 29.8 Å². The molecule has 0 bridgehead atoms. The minimum absolute atomic E-state index is 0.106. The van der Waals surface area contributed by atoms with Crippen LogP contribution in [0.15, 0.2) is 50.7 Å². The largest absolute Gasteiger partial charge is 0.369 e. The van der Waals surface area contributed by atoms with E-state index < -0.39 is 20.7 Å². The molecule has 32 heavy (non-hydrogen) atoms. The van der Waals surface area contributed by atoms with E-state index >= 15 is 0 Å². The van der Waals surface area contributed by atoms with Gasteiger partial charge in [0.1, 0.15) is 15.3 Å². The summed E-state index contributed by atoms with van der Waals surface area (Å²) in [6, 6.07) is 8.25. The second-order valence-electron chi connectivity index (χ2n) is 7.45. The van der Waals surface area contributed by atoms with E-state index in [2.05, 4.69) is 35.5 Å². The Balaban J connectivity index is 1.48. The van der Waals surface area contributed by atoms with Gasteiger partial charge in [0, 0.05) is 44.2 Å². The van der Waals surface area contributed by atoms with Crippen LogP contribution in [0, 0.1) is 5.82 Å². The average Bonchev–Trinajstić information content (AvgIpc) is 3.40. The van der Waals surface area contributed by atoms with Gasteiger partial charge in [-0.1, -0.05) is 17.7 Å². The van der Waals surface area contributed by atoms with Crippen molar-refractivity contribution in [2.45, 2.75) is 23.9 Å². The lowest BCUT2D eigenvalue weighted by Gasteiger charge is -2.28. The summed E-state index contributed by atoms with van der Waals surface area (Å²) >= 11 is 11.0. The maximum absolute atomic E-state index is 14.9. The van der Waals surface area contributed by atoms with Crippen LogP contribution in [0.1, 0.15) is 12.1 Å². The Bertz CT molecular complexity index is 1210. The summed E-state index contributed by atoms with van der Waals surface area (Å²) in [5.74, 6) is -0.732. The number of hydrogen-bond acceptors (Lipinski definition) is 7. The molecule has 4 rings (SSSR count). The van der Waals surface area contributed by atoms with Crippen molar-refractivity contribution >= 4 is 60.4 Å². The van der Waals surface area contributed by atoms with Crippen LogP contribution in [0.5, 0.6) is 0 Å². The van der Waals surface area contributed by atoms with Gasteiger partial charge in [0.15, 0.2) is 5.82 Å². The van der Waals surface area contributed by atoms with E-state index in [4.69, 9.17) is 11.6 Å². The average molecular weight is 561 g/mol. The highest BCUT2D eigenvalue weighted by Gasteiger charge is 2.29. The summed E-state index contributed by atoms with van der Waals surface area (Å²) in [7, 11) is -2.31. The minimum atomic E-state index is -4.15. The maximum atomic E-state index is 14.9. The van der Waals surface area contributed by atoms with E-state index in [1.54, 1.807) is 0 Å². The van der Waals surface area contributed by atoms with E-state index in [0.29, 0.717) is 12.2 Å². The van der Waals surface area contributed by atoms with Crippen LogP contribution in [0.25, 0.3) is 0 Å². The number of nitrogens with one attached hydrogen (secondary N) is 1. The maximum Gasteiger partial charge on any atom is 0.266 e. The Morgan fingerprint density at radius 1 is 1.41 bits per heavy atom. The first-order valence-electron chi connectivity index (χ1n) is 9.69. The van der Waals surface area contributed by atoms with Crippen LogP contribution in [0.4, 0.5) is 15.9 Å². The van der Waals surface area contributed by atoms with E-state index in [1.807, 2.05) is 30.1 Å². The zero-order valence-corrected chi connectivity index (χ0v) is 21.0. The third-order valence-electron chi connectivity index (χ3n) is 5.30. The Labute approximate surface area is 203 Å². The van der Waals surface area contributed by atoms with Crippen LogP contribution < -0.4 is 9.62 Å². The molecular weight excluding hydrogens is 541 g/mol. The lowest BCUT2D eigenvalue weighted by Crippen LogP contribution is -2.34. The van der Waals surface area contributed by atoms with Gasteiger partial charge in [-0.2, -0.15) is 0 Å². The Kier molecular flexibility index (Phi) is 7.01. The molecule has 0 aliphatic carbocycles. The van der Waals surface area contributed by atoms with E-state index in [-0.39, 0.29) is 16.9 Å². The Hall–Kier alpha value is -1.79. The number of thiazole rings is 1. The van der Waals surface area contributed by atoms with Crippen molar-refractivity contribution < 1.29 is 12.8 Å². The second kappa shape index (κ2) is 9.60. The Morgan fingerprint density at radius 2 is 2.22 bits per heavy atom. The molecule has 7 nitrogen and oxygen atoms in total. The molecule has 0 saturated carbocycles. The van der Waals surface area contributed by atoms with Gasteiger partial charge in [-0.25, -0.2) is 22.8 Å². The highest BCUT2D eigenvalue weighted by Crippen LogP contribution is 2.33. The molecule has 1 saturated heterocycles. The van der Waals surface area contributed by atoms with Gasteiger partial charge < -0.3 is 4.90 Å². The van der Waals surface area contributed by atoms with Crippen molar-refractivity contribution in [3.63, 3.8) is 0 Å². The molecule has 0 spiro atoms. The molecule has 1 atom stereocenters. The summed E-state index contributed by atoms with van der Waals surface area (Å²) in [4.78, 5) is 12.0. The number of nitrogens with zero attached hydrogens (tertiary/aromatic N) is 4. The smallest absolute Gasteiger partial charge is 0.266 e. The van der Waals surface area contributed by atoms with Gasteiger partial charge in [0.25, 0.3) is 10.0 Å². The topological polar surface area (TPSA) is 78.4 Å². The van der Waals surface area contributed by atoms with E-state index in [1.165, 1.54) is 28.3 Å². The zero-order valence-electron chi connectivity index (χ0n) is 17.0. The van der Waals surface area contributed by atoms with Crippen molar-refractivity contribution in [3.8, 4) is 0 Å². The fourth-order valence-corrected chi connectivity index (χ4v) is 6.07. The number of aromatic nitrogens is 2. The molecule has 1 unspecified atom stereocenters. The molecule has 1 aliphatic rings. The summed E-state index contributed by atoms with van der Waals surface area (Å²) in [5, 5.41) is 1.69. The van der Waals surface area contributed by atoms with Crippen molar-refractivity contribution in [1.82, 2.24) is 14.9 Å². The summed E-state index contributed by atoms with van der Waals surface area (Å²) in [5.41, 5.74) is 2.90. The number of likely N-dealkylation sites (tertiary alicyclic amines) is 1. The van der Waals surface area contributed by atoms with Gasteiger partial charge in [0.2, 0.25) is 0 Å². The van der Waals surface area contributed by atoms with Crippen LogP contribution in [-0.2, 0) is 16.6 Å². The number of anilines is 2. The number of sulfonamides is 1. The van der Waals surface area contributed by atoms with Gasteiger partial charge in [-0.05, 0) is 40.5 Å². The van der Waals surface area contributed by atoms with Crippen molar-refractivity contribution in [1.29, 1.82) is 0 Å². The first-order valence-corrected chi connectivity index (χ1v) is 13.3. The van der Waals surface area contributed by atoms with Gasteiger partial charge in [-0.15, -0.1) is 11.3 Å². The van der Waals surface area contributed by atoms with Crippen LogP contribution in [0.2, 0.25) is 5.02 Å². The van der Waals surface area contributed by atoms with E-state index in [0.717, 1.165) is 35.9 Å². The van der Waals surface area contributed by atoms with Crippen LogP contribution in [0.3, 0.4) is 0 Å². The van der Waals surface area contributed by atoms with E-state index in [9.17, 15) is 12.8 Å². The van der Waals surface area contributed by atoms with Gasteiger partial charge in [-0.3, -0.25) is 9.62 Å². The molecule has 0 amide bonds. The Morgan fingerprint density at radius 3 is 2.94 bits per heavy atom. The quantitative estimate of drug-likeness (QED) is 0.426. The predicted octanol–water partition coefficient (Wildman–Crippen LogP) is 4.60. The third kappa shape index (κ3) is 5.23. The van der Waals surface area contributed by atoms with Crippen molar-refractivity contribution in [2.24, 2.45) is 0 Å². The molecule has 170 valence electrons. The number of likely N-dealkylation sites (N-methyl/N-ethyl adjacent to an activating group) is 1. The lowest BCUT2D eigenvalue weighted by atomic mass is 10.2. The van der Waals surface area contributed by atoms with Crippen LogP contribution >= 0.6 is 38.9 Å². The third-order valence-corrected chi connectivity index (χ3v) is 8.00. The number of halogens is 3. The molecule has 1 fully saturated rings. The molecule has 12 heteroatoms. The summed E-state index contributed by atoms with van der Waals surface area (Å²) < 4.78 is 43.1. The monoisotopic (exact) mass is 559 g/mol. The molecule has 1 aliphatic heterocycles. The lowest BCUT2D eigenvalue weighted by molar-refractivity contribution is 0.321. The summed E-state index contributed by atoms with van der Waals surface area (Å²) in [6.45, 7) is 2.34. The molecule has 1 aromatic carbocycles. The highest BCUT2D eigenvalue weighted by atomic mass is 79.9. The zero-order chi connectivity index (χ0) is 22.9. The van der Waals surface area contributed by atoms with Gasteiger partial charge >= 0.3 is 0 Å². The summed E-state index contributed by atoms with van der Waals surface area (Å²) in [6.07, 6.45) is 0.869. The molecule has 0 radical (unpaired) electrons. The van der Waals surface area contributed by atoms with Crippen LogP contribution in [-0.4, -0.2) is 49.5 Å². The van der Waals surface area contributed by atoms with Gasteiger partial charge in [0.05, 0.1) is 21.9 Å². The molecule has 3 heterocycles. The molecule has 2 aromatic heterocycles. The first kappa shape index (κ1) is 23.4. The normalized spacial score (nSPS) is 16.9. The fraction of sp³-hybridized carbons (Fsp3) is 0.300. The second-order valence-corrected chi connectivity index (χ2v) is 11.0. The SMILES string of the molecule is CN(c1cc(F)c(S(=O)(=O)Nc2cscn2)cc1Cl)C1CCN(Cc2cccc(Br)n2)C1. The van der Waals surface area contributed by atoms with Crippen molar-refractivity contribution in [3.05, 3.63) is 62.4 Å². The minimum Gasteiger partial charge on any atom is -0.369 e. The standard InChI is InChI=1S/C20H20BrClFN5O2S2/c1-27(14-5-6-28(10-14)9-13-3-2-4-19(21)25-13)17-8-16(23)18(7-15(17)22)32(29,30)26-20-11-31-12-24-20/h2-4,7-8,11-12,14,26H,5-6,9-10H2,1H3. The number of hydrogen-bond donors (Lipinski definition) is 1. The molecule has 3 aromatic rings. The molecular formula is C20H20BrClFN5O2S2. The predicted molar refractivity (Wildman–Crippen MR) is 128 cm³/mol. The highest BCUT2D eigenvalue weighted by molar-refractivity contribution is 9.10. The number of benzene rings is 1. The molecule has 1 N–H and O–H groups in total. The first-order chi connectivity index (χ1) is 15.2.